The van der Waals surface area contributed by atoms with E-state index in [-0.39, 0.29) is 0 Å². The first-order chi connectivity index (χ1) is 4.88. The van der Waals surface area contributed by atoms with Crippen LogP contribution in [0.5, 0.6) is 0 Å². The Morgan fingerprint density at radius 1 is 1.70 bits per heavy atom. The Balaban J connectivity index is 2.34. The molecule has 1 heterocycles. The number of hydroxylamine groups is 2. The first-order valence-electron chi connectivity index (χ1n) is 3.77. The third-order valence-electron chi connectivity index (χ3n) is 1.88. The fourth-order valence-corrected chi connectivity index (χ4v) is 1.20. The van der Waals surface area contributed by atoms with Crippen molar-refractivity contribution in [2.45, 2.75) is 19.4 Å². The molecule has 1 aliphatic rings. The van der Waals surface area contributed by atoms with Gasteiger partial charge >= 0.3 is 0 Å². The minimum absolute atomic E-state index is 0.457. The van der Waals surface area contributed by atoms with Gasteiger partial charge in [0.2, 0.25) is 0 Å². The van der Waals surface area contributed by atoms with E-state index in [0.717, 1.165) is 26.2 Å². The molecule has 0 N–H and O–H groups in total. The lowest BCUT2D eigenvalue weighted by Gasteiger charge is -2.32. The molecule has 3 nitrogen and oxygen atoms in total. The maximum atomic E-state index is 5.28. The van der Waals surface area contributed by atoms with Crippen molar-refractivity contribution in [1.29, 1.82) is 0 Å². The van der Waals surface area contributed by atoms with Crippen LogP contribution in [0.4, 0.5) is 0 Å². The second kappa shape index (κ2) is 3.91. The highest BCUT2D eigenvalue weighted by Crippen LogP contribution is 2.08. The Labute approximate surface area is 61.9 Å². The SMILES string of the molecule is CCC1COCCN1OC. The van der Waals surface area contributed by atoms with Crippen LogP contribution in [-0.2, 0) is 9.57 Å². The molecule has 0 aromatic rings. The summed E-state index contributed by atoms with van der Waals surface area (Å²) in [6.07, 6.45) is 1.09. The summed E-state index contributed by atoms with van der Waals surface area (Å²) in [6, 6.07) is 0.457. The van der Waals surface area contributed by atoms with Gasteiger partial charge in [-0.3, -0.25) is 0 Å². The van der Waals surface area contributed by atoms with Crippen molar-refractivity contribution < 1.29 is 9.57 Å². The van der Waals surface area contributed by atoms with E-state index >= 15 is 0 Å². The maximum Gasteiger partial charge on any atom is 0.0645 e. The van der Waals surface area contributed by atoms with E-state index in [2.05, 4.69) is 6.92 Å². The Hall–Kier alpha value is -0.120. The lowest BCUT2D eigenvalue weighted by molar-refractivity contribution is -0.206. The van der Waals surface area contributed by atoms with Gasteiger partial charge in [0.1, 0.15) is 0 Å². The predicted molar refractivity (Wildman–Crippen MR) is 38.6 cm³/mol. The van der Waals surface area contributed by atoms with Crippen LogP contribution in [0.2, 0.25) is 0 Å². The molecule has 60 valence electrons. The molecule has 10 heavy (non-hydrogen) atoms. The standard InChI is InChI=1S/C7H15NO2/c1-3-7-6-10-5-4-8(7)9-2/h7H,3-6H2,1-2H3. The van der Waals surface area contributed by atoms with Crippen molar-refractivity contribution in [3.63, 3.8) is 0 Å². The Morgan fingerprint density at radius 2 is 2.50 bits per heavy atom. The fourth-order valence-electron chi connectivity index (χ4n) is 1.20. The lowest BCUT2D eigenvalue weighted by atomic mass is 10.2. The number of nitrogens with zero attached hydrogens (tertiary/aromatic N) is 1. The zero-order valence-electron chi connectivity index (χ0n) is 6.67. The van der Waals surface area contributed by atoms with Crippen LogP contribution in [0.1, 0.15) is 13.3 Å². The molecule has 1 atom stereocenters. The molecule has 0 aliphatic carbocycles. The molecule has 0 spiro atoms. The fraction of sp³-hybridized carbons (Fsp3) is 1.00. The molecule has 1 saturated heterocycles. The van der Waals surface area contributed by atoms with E-state index in [9.17, 15) is 0 Å². The molecule has 1 fully saturated rings. The minimum atomic E-state index is 0.457. The summed E-state index contributed by atoms with van der Waals surface area (Å²) in [7, 11) is 1.72. The van der Waals surface area contributed by atoms with Crippen LogP contribution in [0.15, 0.2) is 0 Å². The molecule has 1 rings (SSSR count). The highest BCUT2D eigenvalue weighted by atomic mass is 16.7. The quantitative estimate of drug-likeness (QED) is 0.569. The summed E-state index contributed by atoms with van der Waals surface area (Å²) in [5.41, 5.74) is 0. The summed E-state index contributed by atoms with van der Waals surface area (Å²) in [6.45, 7) is 4.65. The summed E-state index contributed by atoms with van der Waals surface area (Å²) < 4.78 is 5.28. The number of rotatable bonds is 2. The van der Waals surface area contributed by atoms with Crippen LogP contribution in [-0.4, -0.2) is 38.0 Å². The lowest BCUT2D eigenvalue weighted by Crippen LogP contribution is -2.44. The van der Waals surface area contributed by atoms with Crippen LogP contribution in [0, 0.1) is 0 Å². The smallest absolute Gasteiger partial charge is 0.0645 e. The van der Waals surface area contributed by atoms with Crippen molar-refractivity contribution in [3.05, 3.63) is 0 Å². The predicted octanol–water partition coefficient (Wildman–Crippen LogP) is 0.659. The Kier molecular flexibility index (Phi) is 3.12. The van der Waals surface area contributed by atoms with Gasteiger partial charge in [-0.25, -0.2) is 0 Å². The van der Waals surface area contributed by atoms with Crippen molar-refractivity contribution in [1.82, 2.24) is 5.06 Å². The molecule has 3 heteroatoms. The minimum Gasteiger partial charge on any atom is -0.378 e. The molecule has 1 unspecified atom stereocenters. The van der Waals surface area contributed by atoms with Gasteiger partial charge in [-0.15, -0.1) is 0 Å². The summed E-state index contributed by atoms with van der Waals surface area (Å²) in [4.78, 5) is 5.15. The normalized spacial score (nSPS) is 28.8. The number of morpholine rings is 1. The second-order valence-electron chi connectivity index (χ2n) is 2.46. The molecule has 1 aliphatic heterocycles. The number of hydrogen-bond donors (Lipinski definition) is 0. The first kappa shape index (κ1) is 7.98. The van der Waals surface area contributed by atoms with Gasteiger partial charge in [-0.1, -0.05) is 6.92 Å². The van der Waals surface area contributed by atoms with E-state index in [4.69, 9.17) is 9.57 Å². The topological polar surface area (TPSA) is 21.7 Å². The highest BCUT2D eigenvalue weighted by Gasteiger charge is 2.20. The van der Waals surface area contributed by atoms with Gasteiger partial charge < -0.3 is 9.57 Å². The highest BCUT2D eigenvalue weighted by molar-refractivity contribution is 4.66. The summed E-state index contributed by atoms with van der Waals surface area (Å²) in [5, 5.41) is 1.99. The van der Waals surface area contributed by atoms with Crippen LogP contribution in [0.25, 0.3) is 0 Å². The van der Waals surface area contributed by atoms with Gasteiger partial charge in [-0.2, -0.15) is 5.06 Å². The van der Waals surface area contributed by atoms with E-state index in [1.165, 1.54) is 0 Å². The van der Waals surface area contributed by atoms with Crippen LogP contribution < -0.4 is 0 Å². The second-order valence-corrected chi connectivity index (χ2v) is 2.46. The summed E-state index contributed by atoms with van der Waals surface area (Å²) in [5.74, 6) is 0. The van der Waals surface area contributed by atoms with Gasteiger partial charge in [-0.05, 0) is 6.42 Å². The Bertz CT molecular complexity index is 85.6. The largest absolute Gasteiger partial charge is 0.378 e. The molecule has 0 amide bonds. The van der Waals surface area contributed by atoms with Gasteiger partial charge in [0.05, 0.1) is 26.4 Å². The van der Waals surface area contributed by atoms with E-state index < -0.39 is 0 Å². The average Bonchev–Trinajstić information content (AvgIpc) is 2.04. The molecule has 0 saturated carbocycles. The molecule has 0 bridgehead atoms. The van der Waals surface area contributed by atoms with Gasteiger partial charge in [0.25, 0.3) is 0 Å². The van der Waals surface area contributed by atoms with Crippen LogP contribution in [0.3, 0.4) is 0 Å². The first-order valence-corrected chi connectivity index (χ1v) is 3.77. The molecule has 0 aromatic heterocycles. The van der Waals surface area contributed by atoms with Crippen molar-refractivity contribution >= 4 is 0 Å². The number of hydrogen-bond acceptors (Lipinski definition) is 3. The van der Waals surface area contributed by atoms with Crippen molar-refractivity contribution in [2.24, 2.45) is 0 Å². The number of ether oxygens (including phenoxy) is 1. The zero-order chi connectivity index (χ0) is 7.40. The maximum absolute atomic E-state index is 5.28. The zero-order valence-corrected chi connectivity index (χ0v) is 6.67. The van der Waals surface area contributed by atoms with E-state index in [1.54, 1.807) is 7.11 Å². The average molecular weight is 145 g/mol. The van der Waals surface area contributed by atoms with Crippen molar-refractivity contribution in [3.8, 4) is 0 Å². The Morgan fingerprint density at radius 3 is 3.00 bits per heavy atom. The summed E-state index contributed by atoms with van der Waals surface area (Å²) >= 11 is 0. The van der Waals surface area contributed by atoms with Crippen molar-refractivity contribution in [2.75, 3.05) is 26.9 Å². The molecular formula is C7H15NO2. The molecular weight excluding hydrogens is 130 g/mol. The third kappa shape index (κ3) is 1.68. The van der Waals surface area contributed by atoms with Gasteiger partial charge in [0.15, 0.2) is 0 Å². The van der Waals surface area contributed by atoms with E-state index in [0.29, 0.717) is 6.04 Å². The van der Waals surface area contributed by atoms with Gasteiger partial charge in [0, 0.05) is 6.54 Å². The molecule has 0 radical (unpaired) electrons. The van der Waals surface area contributed by atoms with E-state index in [1.807, 2.05) is 5.06 Å². The van der Waals surface area contributed by atoms with Crippen LogP contribution >= 0.6 is 0 Å². The molecule has 0 aromatic carbocycles. The third-order valence-corrected chi connectivity index (χ3v) is 1.88. The monoisotopic (exact) mass is 145 g/mol.